The molecule has 1 aromatic carbocycles. The molecule has 3 heteroatoms. The minimum atomic E-state index is 0.208. The molecule has 1 amide bonds. The predicted octanol–water partition coefficient (Wildman–Crippen LogP) is 6.09. The third-order valence-electron chi connectivity index (χ3n) is 5.90. The normalized spacial score (nSPS) is 21.6. The Morgan fingerprint density at radius 2 is 1.72 bits per heavy atom. The third-order valence-corrected chi connectivity index (χ3v) is 7.02. The molecule has 1 saturated carbocycles. The zero-order chi connectivity index (χ0) is 17.2. The summed E-state index contributed by atoms with van der Waals surface area (Å²) in [5.41, 5.74) is 2.72. The van der Waals surface area contributed by atoms with Crippen molar-refractivity contribution in [3.05, 3.63) is 46.8 Å². The van der Waals surface area contributed by atoms with E-state index >= 15 is 0 Å². The summed E-state index contributed by atoms with van der Waals surface area (Å²) in [6.45, 7) is 3.06. The van der Waals surface area contributed by atoms with E-state index in [1.54, 1.807) is 11.3 Å². The monoisotopic (exact) mass is 353 g/mol. The standard InChI is InChI=1S/C22H27NOS/c1-16-6-5-15-23(16)22(24)21-14-13-20(25-21)19-11-9-18(10-12-19)17-7-3-2-4-8-17/h9-14,16-17H,2-8,15H2,1H3/t16-/m0/s1. The lowest BCUT2D eigenvalue weighted by molar-refractivity contribution is 0.0752. The maximum atomic E-state index is 12.7. The highest BCUT2D eigenvalue weighted by atomic mass is 32.1. The van der Waals surface area contributed by atoms with Crippen molar-refractivity contribution in [3.8, 4) is 10.4 Å². The summed E-state index contributed by atoms with van der Waals surface area (Å²) >= 11 is 1.63. The van der Waals surface area contributed by atoms with E-state index < -0.39 is 0 Å². The number of rotatable bonds is 3. The van der Waals surface area contributed by atoms with Crippen molar-refractivity contribution in [3.63, 3.8) is 0 Å². The van der Waals surface area contributed by atoms with Crippen LogP contribution in [-0.4, -0.2) is 23.4 Å². The molecule has 2 nitrogen and oxygen atoms in total. The molecule has 0 unspecified atom stereocenters. The van der Waals surface area contributed by atoms with Crippen molar-refractivity contribution in [1.29, 1.82) is 0 Å². The van der Waals surface area contributed by atoms with Crippen LogP contribution in [0.25, 0.3) is 10.4 Å². The van der Waals surface area contributed by atoms with Gasteiger partial charge in [-0.2, -0.15) is 0 Å². The number of carbonyl (C=O) groups is 1. The van der Waals surface area contributed by atoms with E-state index in [-0.39, 0.29) is 5.91 Å². The van der Waals surface area contributed by atoms with Crippen molar-refractivity contribution in [2.75, 3.05) is 6.54 Å². The number of likely N-dealkylation sites (tertiary alicyclic amines) is 1. The molecule has 25 heavy (non-hydrogen) atoms. The van der Waals surface area contributed by atoms with E-state index in [4.69, 9.17) is 0 Å². The highest BCUT2D eigenvalue weighted by molar-refractivity contribution is 7.17. The van der Waals surface area contributed by atoms with Crippen molar-refractivity contribution in [2.24, 2.45) is 0 Å². The molecule has 0 radical (unpaired) electrons. The molecule has 2 aliphatic rings. The maximum Gasteiger partial charge on any atom is 0.264 e. The van der Waals surface area contributed by atoms with E-state index in [1.165, 1.54) is 48.1 Å². The van der Waals surface area contributed by atoms with Gasteiger partial charge in [0, 0.05) is 17.5 Å². The van der Waals surface area contributed by atoms with E-state index in [2.05, 4.69) is 37.3 Å². The summed E-state index contributed by atoms with van der Waals surface area (Å²) in [7, 11) is 0. The predicted molar refractivity (Wildman–Crippen MR) is 105 cm³/mol. The second-order valence-corrected chi connectivity index (χ2v) is 8.69. The van der Waals surface area contributed by atoms with Gasteiger partial charge in [0.2, 0.25) is 0 Å². The molecule has 4 rings (SSSR count). The number of nitrogens with zero attached hydrogens (tertiary/aromatic N) is 1. The fraction of sp³-hybridized carbons (Fsp3) is 0.500. The molecule has 1 saturated heterocycles. The highest BCUT2D eigenvalue weighted by Gasteiger charge is 2.27. The maximum absolute atomic E-state index is 12.7. The Bertz CT molecular complexity index is 727. The van der Waals surface area contributed by atoms with Crippen LogP contribution in [0.1, 0.15) is 73.0 Å². The van der Waals surface area contributed by atoms with Gasteiger partial charge in [-0.15, -0.1) is 11.3 Å². The summed E-state index contributed by atoms with van der Waals surface area (Å²) in [6.07, 6.45) is 9.09. The van der Waals surface area contributed by atoms with Crippen LogP contribution in [0.15, 0.2) is 36.4 Å². The molecule has 1 aliphatic heterocycles. The van der Waals surface area contributed by atoms with Gasteiger partial charge in [0.15, 0.2) is 0 Å². The number of hydrogen-bond acceptors (Lipinski definition) is 2. The molecule has 1 aliphatic carbocycles. The van der Waals surface area contributed by atoms with Crippen molar-refractivity contribution in [1.82, 2.24) is 4.90 Å². The van der Waals surface area contributed by atoms with Gasteiger partial charge in [-0.05, 0) is 61.8 Å². The van der Waals surface area contributed by atoms with Gasteiger partial charge in [0.05, 0.1) is 4.88 Å². The van der Waals surface area contributed by atoms with Gasteiger partial charge in [-0.25, -0.2) is 0 Å². The summed E-state index contributed by atoms with van der Waals surface area (Å²) < 4.78 is 0. The molecule has 1 aromatic heterocycles. The topological polar surface area (TPSA) is 20.3 Å². The van der Waals surface area contributed by atoms with Crippen molar-refractivity contribution < 1.29 is 4.79 Å². The number of hydrogen-bond donors (Lipinski definition) is 0. The lowest BCUT2D eigenvalue weighted by Gasteiger charge is -2.22. The third kappa shape index (κ3) is 3.52. The van der Waals surface area contributed by atoms with Gasteiger partial charge in [0.25, 0.3) is 5.91 Å². The van der Waals surface area contributed by atoms with E-state index in [1.807, 2.05) is 11.0 Å². The Morgan fingerprint density at radius 1 is 0.960 bits per heavy atom. The Kier molecular flexibility index (Phi) is 4.93. The molecule has 0 N–H and O–H groups in total. The fourth-order valence-corrected chi connectivity index (χ4v) is 5.31. The van der Waals surface area contributed by atoms with Crippen LogP contribution >= 0.6 is 11.3 Å². The molecule has 132 valence electrons. The van der Waals surface area contributed by atoms with Gasteiger partial charge in [-0.3, -0.25) is 4.79 Å². The van der Waals surface area contributed by atoms with Gasteiger partial charge < -0.3 is 4.90 Å². The first-order valence-corrected chi connectivity index (χ1v) is 10.5. The average Bonchev–Trinajstić information content (AvgIpc) is 3.31. The second-order valence-electron chi connectivity index (χ2n) is 7.61. The number of carbonyl (C=O) groups excluding carboxylic acids is 1. The SMILES string of the molecule is C[C@H]1CCCN1C(=O)c1ccc(-c2ccc(C3CCCCC3)cc2)s1. The van der Waals surface area contributed by atoms with Crippen molar-refractivity contribution in [2.45, 2.75) is 63.8 Å². The lowest BCUT2D eigenvalue weighted by atomic mass is 9.84. The molecule has 0 bridgehead atoms. The summed E-state index contributed by atoms with van der Waals surface area (Å²) in [6, 6.07) is 13.6. The van der Waals surface area contributed by atoms with E-state index in [9.17, 15) is 4.79 Å². The number of thiophene rings is 1. The summed E-state index contributed by atoms with van der Waals surface area (Å²) in [5, 5.41) is 0. The van der Waals surface area contributed by atoms with Crippen LogP contribution in [0.2, 0.25) is 0 Å². The van der Waals surface area contributed by atoms with Crippen LogP contribution in [0, 0.1) is 0 Å². The average molecular weight is 354 g/mol. The molecule has 2 fully saturated rings. The first kappa shape index (κ1) is 16.8. The number of benzene rings is 1. The zero-order valence-electron chi connectivity index (χ0n) is 15.0. The summed E-state index contributed by atoms with van der Waals surface area (Å²) in [4.78, 5) is 16.8. The Hall–Kier alpha value is -1.61. The van der Waals surface area contributed by atoms with Crippen LogP contribution in [0.5, 0.6) is 0 Å². The van der Waals surface area contributed by atoms with E-state index in [0.29, 0.717) is 6.04 Å². The van der Waals surface area contributed by atoms with Crippen LogP contribution in [0.3, 0.4) is 0 Å². The molecule has 0 spiro atoms. The Labute approximate surface area is 154 Å². The second kappa shape index (κ2) is 7.33. The molecule has 2 heterocycles. The number of amides is 1. The smallest absolute Gasteiger partial charge is 0.264 e. The fourth-order valence-electron chi connectivity index (χ4n) is 4.34. The summed E-state index contributed by atoms with van der Waals surface area (Å²) in [5.74, 6) is 0.958. The van der Waals surface area contributed by atoms with Crippen LogP contribution in [-0.2, 0) is 0 Å². The molecule has 1 atom stereocenters. The minimum Gasteiger partial charge on any atom is -0.335 e. The molecular weight excluding hydrogens is 326 g/mol. The van der Waals surface area contributed by atoms with Gasteiger partial charge in [0.1, 0.15) is 0 Å². The first-order chi connectivity index (χ1) is 12.2. The van der Waals surface area contributed by atoms with Gasteiger partial charge in [-0.1, -0.05) is 43.5 Å². The Balaban J connectivity index is 1.49. The quantitative estimate of drug-likeness (QED) is 0.654. The zero-order valence-corrected chi connectivity index (χ0v) is 15.9. The highest BCUT2D eigenvalue weighted by Crippen LogP contribution is 2.35. The first-order valence-electron chi connectivity index (χ1n) is 9.73. The van der Waals surface area contributed by atoms with Gasteiger partial charge >= 0.3 is 0 Å². The lowest BCUT2D eigenvalue weighted by Crippen LogP contribution is -2.32. The van der Waals surface area contributed by atoms with Crippen molar-refractivity contribution >= 4 is 17.2 Å². The van der Waals surface area contributed by atoms with Crippen LogP contribution < -0.4 is 0 Å². The largest absolute Gasteiger partial charge is 0.335 e. The minimum absolute atomic E-state index is 0.208. The van der Waals surface area contributed by atoms with Crippen LogP contribution in [0.4, 0.5) is 0 Å². The molecule has 2 aromatic rings. The Morgan fingerprint density at radius 3 is 2.40 bits per heavy atom. The molecular formula is C22H27NOS. The van der Waals surface area contributed by atoms with E-state index in [0.717, 1.165) is 30.2 Å².